The lowest BCUT2D eigenvalue weighted by Gasteiger charge is -2.26. The van der Waals surface area contributed by atoms with Crippen molar-refractivity contribution in [3.63, 3.8) is 0 Å². The lowest BCUT2D eigenvalue weighted by molar-refractivity contribution is 0.0728. The van der Waals surface area contributed by atoms with E-state index in [-0.39, 0.29) is 5.75 Å². The summed E-state index contributed by atoms with van der Waals surface area (Å²) in [5.41, 5.74) is 2.42. The maximum absolute atomic E-state index is 11.7. The molecule has 1 atom stereocenters. The van der Waals surface area contributed by atoms with Gasteiger partial charge in [0.05, 0.1) is 14.2 Å². The predicted molar refractivity (Wildman–Crippen MR) is 107 cm³/mol. The number of phenolic OH excluding ortho intramolecular Hbond substituents is 1. The molecule has 0 amide bonds. The van der Waals surface area contributed by atoms with Crippen LogP contribution < -0.4 is 9.47 Å². The van der Waals surface area contributed by atoms with E-state index in [1.807, 2.05) is 36.4 Å². The Balaban J connectivity index is 2.06. The zero-order chi connectivity index (χ0) is 19.2. The minimum absolute atomic E-state index is 0.150. The van der Waals surface area contributed by atoms with E-state index in [1.165, 1.54) is 0 Å². The number of methoxy groups -OCH3 is 2. The molecule has 0 spiro atoms. The van der Waals surface area contributed by atoms with Gasteiger partial charge in [-0.2, -0.15) is 0 Å². The number of ether oxygens (including phenoxy) is 2. The highest BCUT2D eigenvalue weighted by atomic mass is 16.5. The number of rotatable bonds is 5. The van der Waals surface area contributed by atoms with Crippen LogP contribution in [0.2, 0.25) is 0 Å². The number of unbranched alkanes of at least 4 members (excludes halogenated alkanes) is 1. The first-order chi connectivity index (χ1) is 13.0. The standard InChI is InChI=1S/C23H24O4/c1-4-5-10-23(25)19-12-15(27-3)7-9-17(19)22-16-8-6-14(26-2)11-18(16)21(24)13-20(22)23/h6-9,11-13,24-25H,4-5,10H2,1-3H3. The Morgan fingerprint density at radius 3 is 2.30 bits per heavy atom. The Morgan fingerprint density at radius 1 is 0.889 bits per heavy atom. The summed E-state index contributed by atoms with van der Waals surface area (Å²) in [6.45, 7) is 2.11. The van der Waals surface area contributed by atoms with Crippen molar-refractivity contribution in [2.45, 2.75) is 31.8 Å². The lowest BCUT2D eigenvalue weighted by atomic mass is 9.85. The summed E-state index contributed by atoms with van der Waals surface area (Å²) in [5, 5.41) is 24.1. The summed E-state index contributed by atoms with van der Waals surface area (Å²) in [4.78, 5) is 0. The van der Waals surface area contributed by atoms with E-state index in [0.717, 1.165) is 45.9 Å². The molecule has 27 heavy (non-hydrogen) atoms. The summed E-state index contributed by atoms with van der Waals surface area (Å²) in [5.74, 6) is 1.55. The Labute approximate surface area is 159 Å². The maximum Gasteiger partial charge on any atom is 0.123 e. The molecule has 4 heteroatoms. The van der Waals surface area contributed by atoms with E-state index in [4.69, 9.17) is 9.47 Å². The first kappa shape index (κ1) is 17.7. The van der Waals surface area contributed by atoms with Gasteiger partial charge < -0.3 is 19.7 Å². The molecule has 0 radical (unpaired) electrons. The molecule has 0 heterocycles. The van der Waals surface area contributed by atoms with Gasteiger partial charge in [-0.25, -0.2) is 0 Å². The van der Waals surface area contributed by atoms with Crippen LogP contribution in [0, 0.1) is 0 Å². The van der Waals surface area contributed by atoms with Gasteiger partial charge in [0.1, 0.15) is 22.8 Å². The molecule has 2 N–H and O–H groups in total. The van der Waals surface area contributed by atoms with Crippen molar-refractivity contribution in [1.29, 1.82) is 0 Å². The predicted octanol–water partition coefficient (Wildman–Crippen LogP) is 4.97. The first-order valence-electron chi connectivity index (χ1n) is 9.29. The fourth-order valence-corrected chi connectivity index (χ4v) is 4.19. The third-order valence-corrected chi connectivity index (χ3v) is 5.60. The van der Waals surface area contributed by atoms with Crippen molar-refractivity contribution in [2.24, 2.45) is 0 Å². The third kappa shape index (κ3) is 2.55. The number of hydrogen-bond donors (Lipinski definition) is 2. The normalized spacial score (nSPS) is 17.6. The second kappa shape index (κ2) is 6.46. The average molecular weight is 364 g/mol. The number of fused-ring (bicyclic) bond motifs is 5. The molecule has 4 nitrogen and oxygen atoms in total. The van der Waals surface area contributed by atoms with E-state index in [0.29, 0.717) is 17.9 Å². The SMILES string of the molecule is CCCCC1(O)c2cc(OC)ccc2-c2c1cc(O)c1cc(OC)ccc21. The minimum Gasteiger partial charge on any atom is -0.507 e. The van der Waals surface area contributed by atoms with Gasteiger partial charge in [-0.15, -0.1) is 0 Å². The summed E-state index contributed by atoms with van der Waals surface area (Å²) in [7, 11) is 3.24. The van der Waals surface area contributed by atoms with Gasteiger partial charge in [0.25, 0.3) is 0 Å². The van der Waals surface area contributed by atoms with Gasteiger partial charge in [-0.1, -0.05) is 25.8 Å². The van der Waals surface area contributed by atoms with Crippen LogP contribution in [0.15, 0.2) is 42.5 Å². The Hall–Kier alpha value is -2.72. The summed E-state index contributed by atoms with van der Waals surface area (Å²) >= 11 is 0. The fraction of sp³-hybridized carbons (Fsp3) is 0.304. The maximum atomic E-state index is 11.7. The highest BCUT2D eigenvalue weighted by Gasteiger charge is 2.42. The largest absolute Gasteiger partial charge is 0.507 e. The second-order valence-corrected chi connectivity index (χ2v) is 7.11. The molecule has 3 aromatic rings. The zero-order valence-electron chi connectivity index (χ0n) is 15.9. The third-order valence-electron chi connectivity index (χ3n) is 5.60. The second-order valence-electron chi connectivity index (χ2n) is 7.11. The molecule has 1 aliphatic rings. The molecule has 0 saturated carbocycles. The van der Waals surface area contributed by atoms with E-state index in [9.17, 15) is 10.2 Å². The number of aliphatic hydroxyl groups is 1. The van der Waals surface area contributed by atoms with Crippen LogP contribution in [0.4, 0.5) is 0 Å². The Morgan fingerprint density at radius 2 is 1.59 bits per heavy atom. The lowest BCUT2D eigenvalue weighted by Crippen LogP contribution is -2.24. The molecular formula is C23H24O4. The van der Waals surface area contributed by atoms with Crippen LogP contribution in [-0.2, 0) is 5.60 Å². The summed E-state index contributed by atoms with van der Waals surface area (Å²) in [6.07, 6.45) is 2.46. The molecule has 1 unspecified atom stereocenters. The van der Waals surface area contributed by atoms with Crippen molar-refractivity contribution < 1.29 is 19.7 Å². The first-order valence-corrected chi connectivity index (χ1v) is 9.29. The molecule has 1 aliphatic carbocycles. The van der Waals surface area contributed by atoms with Crippen LogP contribution in [0.5, 0.6) is 17.2 Å². The topological polar surface area (TPSA) is 58.9 Å². The summed E-state index contributed by atoms with van der Waals surface area (Å²) < 4.78 is 10.7. The van der Waals surface area contributed by atoms with Crippen molar-refractivity contribution in [3.8, 4) is 28.4 Å². The molecule has 0 saturated heterocycles. The minimum atomic E-state index is -1.14. The van der Waals surface area contributed by atoms with Gasteiger partial charge >= 0.3 is 0 Å². The van der Waals surface area contributed by atoms with Gasteiger partial charge in [-0.05, 0) is 64.9 Å². The molecule has 0 fully saturated rings. The van der Waals surface area contributed by atoms with Gasteiger partial charge in [0.2, 0.25) is 0 Å². The molecule has 4 rings (SSSR count). The van der Waals surface area contributed by atoms with Gasteiger partial charge in [0.15, 0.2) is 0 Å². The van der Waals surface area contributed by atoms with E-state index in [2.05, 4.69) is 6.92 Å². The van der Waals surface area contributed by atoms with Crippen LogP contribution in [0.1, 0.15) is 37.3 Å². The Kier molecular flexibility index (Phi) is 4.23. The molecule has 0 aliphatic heterocycles. The highest BCUT2D eigenvalue weighted by molar-refractivity contribution is 6.05. The van der Waals surface area contributed by atoms with Gasteiger partial charge in [-0.3, -0.25) is 0 Å². The molecule has 0 bridgehead atoms. The van der Waals surface area contributed by atoms with Crippen molar-refractivity contribution >= 4 is 10.8 Å². The Bertz CT molecular complexity index is 1020. The van der Waals surface area contributed by atoms with E-state index in [1.54, 1.807) is 20.3 Å². The number of benzene rings is 3. The average Bonchev–Trinajstić information content (AvgIpc) is 2.94. The summed E-state index contributed by atoms with van der Waals surface area (Å²) in [6, 6.07) is 13.2. The molecular weight excluding hydrogens is 340 g/mol. The molecule has 140 valence electrons. The zero-order valence-corrected chi connectivity index (χ0v) is 15.9. The number of aromatic hydroxyl groups is 1. The quantitative estimate of drug-likeness (QED) is 0.671. The van der Waals surface area contributed by atoms with E-state index < -0.39 is 5.60 Å². The van der Waals surface area contributed by atoms with Crippen molar-refractivity contribution in [3.05, 3.63) is 53.6 Å². The van der Waals surface area contributed by atoms with Gasteiger partial charge in [0, 0.05) is 10.9 Å². The molecule has 3 aromatic carbocycles. The monoisotopic (exact) mass is 364 g/mol. The van der Waals surface area contributed by atoms with Crippen LogP contribution in [0.3, 0.4) is 0 Å². The molecule has 0 aromatic heterocycles. The van der Waals surface area contributed by atoms with Crippen LogP contribution >= 0.6 is 0 Å². The number of phenols is 1. The van der Waals surface area contributed by atoms with Crippen molar-refractivity contribution in [2.75, 3.05) is 14.2 Å². The van der Waals surface area contributed by atoms with Crippen LogP contribution in [0.25, 0.3) is 21.9 Å². The van der Waals surface area contributed by atoms with Crippen LogP contribution in [-0.4, -0.2) is 24.4 Å². The number of hydrogen-bond acceptors (Lipinski definition) is 4. The highest BCUT2D eigenvalue weighted by Crippen LogP contribution is 2.54. The van der Waals surface area contributed by atoms with E-state index >= 15 is 0 Å². The fourth-order valence-electron chi connectivity index (χ4n) is 4.19. The van der Waals surface area contributed by atoms with Crippen molar-refractivity contribution in [1.82, 2.24) is 0 Å². The smallest absolute Gasteiger partial charge is 0.123 e.